The maximum atomic E-state index is 12.7. The van der Waals surface area contributed by atoms with E-state index < -0.39 is 0 Å². The molecular weight excluding hydrogens is 416 g/mol. The molecule has 2 aliphatic heterocycles. The Kier molecular flexibility index (Phi) is 5.21. The second kappa shape index (κ2) is 7.81. The summed E-state index contributed by atoms with van der Waals surface area (Å²) in [4.78, 5) is 37.7. The van der Waals surface area contributed by atoms with Crippen LogP contribution in [0.3, 0.4) is 0 Å². The molecule has 2 aromatic carbocycles. The quantitative estimate of drug-likeness (QED) is 0.729. The number of anilines is 1. The first-order chi connectivity index (χ1) is 13.9. The van der Waals surface area contributed by atoms with Crippen LogP contribution in [-0.2, 0) is 16.1 Å². The Hall–Kier alpha value is -2.97. The Bertz CT molecular complexity index is 1050. The number of fused-ring (bicyclic) bond motifs is 1. The highest BCUT2D eigenvalue weighted by atomic mass is 35.5. The van der Waals surface area contributed by atoms with E-state index in [2.05, 4.69) is 5.32 Å². The van der Waals surface area contributed by atoms with E-state index in [4.69, 9.17) is 21.1 Å². The smallest absolute Gasteiger partial charge is 0.293 e. The zero-order chi connectivity index (χ0) is 20.5. The number of rotatable bonds is 4. The van der Waals surface area contributed by atoms with Crippen LogP contribution in [0.2, 0.25) is 5.02 Å². The number of carbonyl (C=O) groups is 3. The standard InChI is InChI=1S/C20H15ClN2O5S/c1-11(24)22-14-4-2-12(3-5-14)6-18-19(25)23(20(26)29-18)9-13-7-16-17(8-15(13)21)28-10-27-16/h2-8H,9-10H2,1H3,(H,22,24)/b18-6-. The van der Waals surface area contributed by atoms with Gasteiger partial charge in [0.25, 0.3) is 11.1 Å². The maximum Gasteiger partial charge on any atom is 0.293 e. The number of carbonyl (C=O) groups excluding carboxylic acids is 3. The molecule has 1 fully saturated rings. The fraction of sp³-hybridized carbons (Fsp3) is 0.150. The molecular formula is C20H15ClN2O5S. The number of imide groups is 1. The summed E-state index contributed by atoms with van der Waals surface area (Å²) < 4.78 is 10.6. The van der Waals surface area contributed by atoms with Gasteiger partial charge in [0.1, 0.15) is 0 Å². The van der Waals surface area contributed by atoms with Crippen molar-refractivity contribution < 1.29 is 23.9 Å². The molecule has 4 rings (SSSR count). The van der Waals surface area contributed by atoms with Gasteiger partial charge < -0.3 is 14.8 Å². The molecule has 0 radical (unpaired) electrons. The second-order valence-electron chi connectivity index (χ2n) is 6.37. The first-order valence-corrected chi connectivity index (χ1v) is 9.81. The van der Waals surface area contributed by atoms with E-state index in [0.717, 1.165) is 22.2 Å². The van der Waals surface area contributed by atoms with Crippen LogP contribution in [0.25, 0.3) is 6.08 Å². The van der Waals surface area contributed by atoms with Crippen molar-refractivity contribution in [2.45, 2.75) is 13.5 Å². The SMILES string of the molecule is CC(=O)Nc1ccc(/C=C2\SC(=O)N(Cc3cc4c(cc3Cl)OCO4)C2=O)cc1. The van der Waals surface area contributed by atoms with Gasteiger partial charge in [-0.3, -0.25) is 19.3 Å². The summed E-state index contributed by atoms with van der Waals surface area (Å²) in [6, 6.07) is 10.3. The number of hydrogen-bond acceptors (Lipinski definition) is 6. The number of benzene rings is 2. The topological polar surface area (TPSA) is 84.9 Å². The van der Waals surface area contributed by atoms with Crippen LogP contribution in [0.1, 0.15) is 18.1 Å². The summed E-state index contributed by atoms with van der Waals surface area (Å²) in [6.45, 7) is 1.58. The Morgan fingerprint density at radius 1 is 1.21 bits per heavy atom. The first kappa shape index (κ1) is 19.4. The monoisotopic (exact) mass is 430 g/mol. The van der Waals surface area contributed by atoms with Gasteiger partial charge in [-0.1, -0.05) is 23.7 Å². The molecule has 2 aromatic rings. The molecule has 2 heterocycles. The van der Waals surface area contributed by atoms with E-state index in [9.17, 15) is 14.4 Å². The van der Waals surface area contributed by atoms with Crippen molar-refractivity contribution in [1.82, 2.24) is 4.90 Å². The first-order valence-electron chi connectivity index (χ1n) is 8.62. The van der Waals surface area contributed by atoms with Crippen molar-refractivity contribution in [3.8, 4) is 11.5 Å². The highest BCUT2D eigenvalue weighted by molar-refractivity contribution is 8.18. The van der Waals surface area contributed by atoms with Gasteiger partial charge in [-0.05, 0) is 47.2 Å². The normalized spacial score (nSPS) is 16.6. The van der Waals surface area contributed by atoms with Crippen molar-refractivity contribution in [3.63, 3.8) is 0 Å². The second-order valence-corrected chi connectivity index (χ2v) is 7.77. The van der Waals surface area contributed by atoms with Crippen LogP contribution in [0.5, 0.6) is 11.5 Å². The zero-order valence-corrected chi connectivity index (χ0v) is 16.8. The van der Waals surface area contributed by atoms with E-state index in [-0.39, 0.29) is 30.4 Å². The summed E-state index contributed by atoms with van der Waals surface area (Å²) in [7, 11) is 0. The lowest BCUT2D eigenvalue weighted by molar-refractivity contribution is -0.123. The van der Waals surface area contributed by atoms with Crippen molar-refractivity contribution in [2.24, 2.45) is 0 Å². The molecule has 1 N–H and O–H groups in total. The molecule has 3 amide bonds. The highest BCUT2D eigenvalue weighted by Gasteiger charge is 2.35. The maximum absolute atomic E-state index is 12.7. The van der Waals surface area contributed by atoms with Crippen molar-refractivity contribution in [2.75, 3.05) is 12.1 Å². The Balaban J connectivity index is 1.52. The minimum absolute atomic E-state index is 0.0406. The minimum Gasteiger partial charge on any atom is -0.454 e. The predicted octanol–water partition coefficient (Wildman–Crippen LogP) is 4.26. The Morgan fingerprint density at radius 2 is 1.90 bits per heavy atom. The van der Waals surface area contributed by atoms with Gasteiger partial charge in [0.15, 0.2) is 11.5 Å². The van der Waals surface area contributed by atoms with Gasteiger partial charge in [0.2, 0.25) is 12.7 Å². The van der Waals surface area contributed by atoms with Crippen LogP contribution in [0.15, 0.2) is 41.3 Å². The van der Waals surface area contributed by atoms with Crippen LogP contribution in [-0.4, -0.2) is 28.7 Å². The van der Waals surface area contributed by atoms with Gasteiger partial charge in [-0.15, -0.1) is 0 Å². The molecule has 148 valence electrons. The summed E-state index contributed by atoms with van der Waals surface area (Å²) in [5, 5.41) is 2.70. The van der Waals surface area contributed by atoms with Crippen LogP contribution in [0, 0.1) is 0 Å². The highest BCUT2D eigenvalue weighted by Crippen LogP contribution is 2.39. The van der Waals surface area contributed by atoms with E-state index in [1.807, 2.05) is 0 Å². The lowest BCUT2D eigenvalue weighted by Crippen LogP contribution is -2.27. The predicted molar refractivity (Wildman–Crippen MR) is 110 cm³/mol. The average Bonchev–Trinajstić information content (AvgIpc) is 3.22. The van der Waals surface area contributed by atoms with Crippen LogP contribution < -0.4 is 14.8 Å². The molecule has 2 aliphatic rings. The van der Waals surface area contributed by atoms with Gasteiger partial charge in [0, 0.05) is 23.7 Å². The van der Waals surface area contributed by atoms with Gasteiger partial charge in [-0.2, -0.15) is 0 Å². The Labute approximate surface area is 175 Å². The molecule has 29 heavy (non-hydrogen) atoms. The minimum atomic E-state index is -0.389. The molecule has 7 nitrogen and oxygen atoms in total. The molecule has 0 spiro atoms. The summed E-state index contributed by atoms with van der Waals surface area (Å²) >= 11 is 7.13. The van der Waals surface area contributed by atoms with Gasteiger partial charge >= 0.3 is 0 Å². The van der Waals surface area contributed by atoms with Gasteiger partial charge in [-0.25, -0.2) is 0 Å². The fourth-order valence-electron chi connectivity index (χ4n) is 2.90. The molecule has 0 unspecified atom stereocenters. The van der Waals surface area contributed by atoms with E-state index in [0.29, 0.717) is 32.7 Å². The molecule has 0 saturated carbocycles. The average molecular weight is 431 g/mol. The molecule has 0 atom stereocenters. The van der Waals surface area contributed by atoms with E-state index in [1.165, 1.54) is 6.92 Å². The summed E-state index contributed by atoms with van der Waals surface area (Å²) in [6.07, 6.45) is 1.64. The number of hydrogen-bond donors (Lipinski definition) is 1. The number of amides is 3. The fourth-order valence-corrected chi connectivity index (χ4v) is 3.96. The number of nitrogens with one attached hydrogen (secondary N) is 1. The van der Waals surface area contributed by atoms with Crippen molar-refractivity contribution >= 4 is 52.2 Å². The number of nitrogens with zero attached hydrogens (tertiary/aromatic N) is 1. The largest absolute Gasteiger partial charge is 0.454 e. The molecule has 9 heteroatoms. The number of halogens is 1. The third kappa shape index (κ3) is 4.08. The van der Waals surface area contributed by atoms with Crippen LogP contribution in [0.4, 0.5) is 10.5 Å². The van der Waals surface area contributed by atoms with E-state index in [1.54, 1.807) is 42.5 Å². The van der Waals surface area contributed by atoms with Gasteiger partial charge in [0.05, 0.1) is 11.4 Å². The molecule has 0 aliphatic carbocycles. The van der Waals surface area contributed by atoms with Crippen molar-refractivity contribution in [3.05, 3.63) is 57.5 Å². The summed E-state index contributed by atoms with van der Waals surface area (Å²) in [5.74, 6) is 0.516. The molecule has 1 saturated heterocycles. The third-order valence-corrected chi connectivity index (χ3v) is 5.53. The van der Waals surface area contributed by atoms with Crippen molar-refractivity contribution in [1.29, 1.82) is 0 Å². The lowest BCUT2D eigenvalue weighted by Gasteiger charge is -2.14. The third-order valence-electron chi connectivity index (χ3n) is 4.27. The summed E-state index contributed by atoms with van der Waals surface area (Å²) in [5.41, 5.74) is 1.99. The zero-order valence-electron chi connectivity index (χ0n) is 15.2. The van der Waals surface area contributed by atoms with Crippen LogP contribution >= 0.6 is 23.4 Å². The lowest BCUT2D eigenvalue weighted by atomic mass is 10.1. The Morgan fingerprint density at radius 3 is 2.59 bits per heavy atom. The molecule has 0 aromatic heterocycles. The number of thioether (sulfide) groups is 1. The number of ether oxygens (including phenoxy) is 2. The van der Waals surface area contributed by atoms with E-state index >= 15 is 0 Å². The molecule has 0 bridgehead atoms.